The summed E-state index contributed by atoms with van der Waals surface area (Å²) in [6.45, 7) is 4.29. The van der Waals surface area contributed by atoms with Gasteiger partial charge in [-0.1, -0.05) is 20.3 Å². The van der Waals surface area contributed by atoms with Gasteiger partial charge in [-0.3, -0.25) is 0 Å². The maximum atomic E-state index is 4.18. The molecule has 0 aromatic heterocycles. The molecule has 0 nitrogen and oxygen atoms in total. The molecule has 0 aliphatic heterocycles. The van der Waals surface area contributed by atoms with Gasteiger partial charge in [0.05, 0.1) is 0 Å². The van der Waals surface area contributed by atoms with Gasteiger partial charge in [-0.05, 0) is 11.7 Å². The molecule has 0 aromatic carbocycles. The number of hydrogen-bond donors (Lipinski definition) is 1. The van der Waals surface area contributed by atoms with Crippen LogP contribution in [0.25, 0.3) is 0 Å². The Labute approximate surface area is 45.4 Å². The monoisotopic (exact) mass is 104 g/mol. The van der Waals surface area contributed by atoms with Gasteiger partial charge in [0.15, 0.2) is 0 Å². The summed E-state index contributed by atoms with van der Waals surface area (Å²) in [5.74, 6) is 0. The molecule has 0 spiro atoms. The van der Waals surface area contributed by atoms with Gasteiger partial charge >= 0.3 is 0 Å². The smallest absolute Gasteiger partial charge is 0.00117 e. The SMILES string of the molecule is CCC[C@H](C)S. The Hall–Kier alpha value is 0.350. The first-order valence-electron chi connectivity index (χ1n) is 2.45. The van der Waals surface area contributed by atoms with E-state index in [4.69, 9.17) is 0 Å². The Balaban J connectivity index is 2.63. The van der Waals surface area contributed by atoms with Gasteiger partial charge in [0.2, 0.25) is 0 Å². The number of rotatable bonds is 2. The summed E-state index contributed by atoms with van der Waals surface area (Å²) >= 11 is 4.18. The van der Waals surface area contributed by atoms with Crippen LogP contribution in [0.2, 0.25) is 0 Å². The highest BCUT2D eigenvalue weighted by atomic mass is 32.1. The first kappa shape index (κ1) is 6.35. The van der Waals surface area contributed by atoms with E-state index >= 15 is 0 Å². The van der Waals surface area contributed by atoms with Crippen LogP contribution in [0.1, 0.15) is 26.7 Å². The van der Waals surface area contributed by atoms with Crippen molar-refractivity contribution in [3.63, 3.8) is 0 Å². The Morgan fingerprint density at radius 3 is 2.17 bits per heavy atom. The van der Waals surface area contributed by atoms with Crippen LogP contribution < -0.4 is 0 Å². The van der Waals surface area contributed by atoms with Crippen LogP contribution in [0.4, 0.5) is 0 Å². The predicted octanol–water partition coefficient (Wildman–Crippen LogP) is 2.10. The highest BCUT2D eigenvalue weighted by Gasteiger charge is 1.86. The van der Waals surface area contributed by atoms with Gasteiger partial charge in [-0.15, -0.1) is 0 Å². The van der Waals surface area contributed by atoms with E-state index in [9.17, 15) is 0 Å². The van der Waals surface area contributed by atoms with Crippen molar-refractivity contribution in [2.24, 2.45) is 0 Å². The maximum Gasteiger partial charge on any atom is -0.00117 e. The fourth-order valence-corrected chi connectivity index (χ4v) is 0.676. The number of hydrogen-bond acceptors (Lipinski definition) is 1. The molecule has 0 unspecified atom stereocenters. The van der Waals surface area contributed by atoms with Crippen molar-refractivity contribution in [3.8, 4) is 0 Å². The van der Waals surface area contributed by atoms with E-state index in [0.29, 0.717) is 5.25 Å². The van der Waals surface area contributed by atoms with Gasteiger partial charge < -0.3 is 0 Å². The van der Waals surface area contributed by atoms with E-state index < -0.39 is 0 Å². The zero-order chi connectivity index (χ0) is 4.99. The molecule has 0 amide bonds. The minimum absolute atomic E-state index is 0.593. The van der Waals surface area contributed by atoms with Crippen molar-refractivity contribution >= 4 is 12.6 Å². The summed E-state index contributed by atoms with van der Waals surface area (Å²) in [6, 6.07) is 0. The second-order valence-corrected chi connectivity index (χ2v) is 2.52. The van der Waals surface area contributed by atoms with Crippen LogP contribution in [0.3, 0.4) is 0 Å². The maximum absolute atomic E-state index is 4.18. The normalized spacial score (nSPS) is 14.5. The first-order chi connectivity index (χ1) is 2.77. The Kier molecular flexibility index (Phi) is 3.74. The standard InChI is InChI=1S/C5H12S/c1-3-4-5(2)6/h5-6H,3-4H2,1-2H3/t5-/m0/s1. The summed E-state index contributed by atoms with van der Waals surface area (Å²) in [7, 11) is 0. The lowest BCUT2D eigenvalue weighted by molar-refractivity contribution is 0.791. The third-order valence-corrected chi connectivity index (χ3v) is 0.965. The molecule has 0 fully saturated rings. The van der Waals surface area contributed by atoms with Crippen LogP contribution in [0.15, 0.2) is 0 Å². The van der Waals surface area contributed by atoms with Gasteiger partial charge in [0.25, 0.3) is 0 Å². The van der Waals surface area contributed by atoms with E-state index in [1.54, 1.807) is 0 Å². The molecular formula is C5H12S. The van der Waals surface area contributed by atoms with Gasteiger partial charge in [-0.2, -0.15) is 12.6 Å². The van der Waals surface area contributed by atoms with Gasteiger partial charge in [-0.25, -0.2) is 0 Å². The Morgan fingerprint density at radius 2 is 2.17 bits per heavy atom. The van der Waals surface area contributed by atoms with Crippen molar-refractivity contribution in [3.05, 3.63) is 0 Å². The van der Waals surface area contributed by atoms with E-state index in [2.05, 4.69) is 26.5 Å². The fraction of sp³-hybridized carbons (Fsp3) is 1.00. The van der Waals surface area contributed by atoms with Crippen molar-refractivity contribution in [2.45, 2.75) is 31.9 Å². The highest BCUT2D eigenvalue weighted by molar-refractivity contribution is 7.80. The third kappa shape index (κ3) is 4.35. The summed E-state index contributed by atoms with van der Waals surface area (Å²) in [6.07, 6.45) is 2.49. The van der Waals surface area contributed by atoms with Gasteiger partial charge in [0, 0.05) is 0 Å². The van der Waals surface area contributed by atoms with Crippen molar-refractivity contribution in [1.82, 2.24) is 0 Å². The molecule has 0 bridgehead atoms. The zero-order valence-electron chi connectivity index (χ0n) is 4.44. The van der Waals surface area contributed by atoms with E-state index in [1.807, 2.05) is 0 Å². The fourth-order valence-electron chi connectivity index (χ4n) is 0.418. The Morgan fingerprint density at radius 1 is 1.67 bits per heavy atom. The predicted molar refractivity (Wildman–Crippen MR) is 33.4 cm³/mol. The molecule has 6 heavy (non-hydrogen) atoms. The summed E-state index contributed by atoms with van der Waals surface area (Å²) in [5.41, 5.74) is 0. The van der Waals surface area contributed by atoms with Crippen molar-refractivity contribution in [1.29, 1.82) is 0 Å². The molecule has 0 rings (SSSR count). The molecule has 0 aliphatic carbocycles. The molecule has 0 aromatic rings. The van der Waals surface area contributed by atoms with Crippen molar-refractivity contribution < 1.29 is 0 Å². The second-order valence-electron chi connectivity index (χ2n) is 1.64. The average Bonchev–Trinajstić information content (AvgIpc) is 1.35. The van der Waals surface area contributed by atoms with Gasteiger partial charge in [0.1, 0.15) is 0 Å². The quantitative estimate of drug-likeness (QED) is 0.510. The second kappa shape index (κ2) is 3.54. The van der Waals surface area contributed by atoms with Crippen LogP contribution >= 0.6 is 12.6 Å². The minimum Gasteiger partial charge on any atom is -0.176 e. The number of thiol groups is 1. The molecule has 0 saturated carbocycles. The first-order valence-corrected chi connectivity index (χ1v) is 2.97. The lowest BCUT2D eigenvalue weighted by Crippen LogP contribution is -1.85. The van der Waals surface area contributed by atoms with Crippen LogP contribution in [0, 0.1) is 0 Å². The van der Waals surface area contributed by atoms with E-state index in [-0.39, 0.29) is 0 Å². The molecule has 0 radical (unpaired) electrons. The zero-order valence-corrected chi connectivity index (χ0v) is 5.33. The van der Waals surface area contributed by atoms with Crippen LogP contribution in [0.5, 0.6) is 0 Å². The minimum atomic E-state index is 0.593. The molecular weight excluding hydrogens is 92.1 g/mol. The molecule has 38 valence electrons. The van der Waals surface area contributed by atoms with Crippen molar-refractivity contribution in [2.75, 3.05) is 0 Å². The average molecular weight is 104 g/mol. The van der Waals surface area contributed by atoms with E-state index in [1.165, 1.54) is 12.8 Å². The molecule has 0 N–H and O–H groups in total. The molecule has 1 heteroatoms. The van der Waals surface area contributed by atoms with E-state index in [0.717, 1.165) is 0 Å². The summed E-state index contributed by atoms with van der Waals surface area (Å²) in [5, 5.41) is 0.593. The largest absolute Gasteiger partial charge is 0.176 e. The van der Waals surface area contributed by atoms with Crippen LogP contribution in [-0.4, -0.2) is 5.25 Å². The topological polar surface area (TPSA) is 0 Å². The highest BCUT2D eigenvalue weighted by Crippen LogP contribution is 2.00. The third-order valence-electron chi connectivity index (χ3n) is 0.706. The molecule has 0 saturated heterocycles. The molecule has 1 atom stereocenters. The van der Waals surface area contributed by atoms with Crippen LogP contribution in [-0.2, 0) is 0 Å². The molecule has 0 heterocycles. The summed E-state index contributed by atoms with van der Waals surface area (Å²) < 4.78 is 0. The lowest BCUT2D eigenvalue weighted by atomic mass is 10.3. The lowest BCUT2D eigenvalue weighted by Gasteiger charge is -1.95. The molecule has 0 aliphatic rings. The summed E-state index contributed by atoms with van der Waals surface area (Å²) in [4.78, 5) is 0. The Bertz CT molecular complexity index is 25.1.